The molecule has 0 aliphatic carbocycles. The minimum atomic E-state index is -0.954. The Morgan fingerprint density at radius 3 is 2.79 bits per heavy atom. The van der Waals surface area contributed by atoms with Gasteiger partial charge in [0.1, 0.15) is 5.82 Å². The van der Waals surface area contributed by atoms with Crippen molar-refractivity contribution in [3.8, 4) is 0 Å². The second-order valence-corrected chi connectivity index (χ2v) is 3.55. The zero-order chi connectivity index (χ0) is 10.7. The van der Waals surface area contributed by atoms with Gasteiger partial charge >= 0.3 is 5.97 Å². The Morgan fingerprint density at radius 2 is 2.29 bits per heavy atom. The average Bonchev–Trinajstić information content (AvgIpc) is 2.11. The van der Waals surface area contributed by atoms with Crippen molar-refractivity contribution in [3.63, 3.8) is 0 Å². The summed E-state index contributed by atoms with van der Waals surface area (Å²) in [6.45, 7) is 1.52. The van der Waals surface area contributed by atoms with Crippen molar-refractivity contribution in [2.45, 2.75) is 13.3 Å². The lowest BCUT2D eigenvalue weighted by atomic mass is 10.0. The molecular weight excluding hydrogens is 207 g/mol. The number of benzene rings is 1. The molecule has 0 fully saturated rings. The molecule has 1 N–H and O–H groups in total. The SMILES string of the molecule is C[C@@H](Cc1c(F)cccc1Cl)C(=O)O. The molecule has 0 saturated carbocycles. The van der Waals surface area contributed by atoms with E-state index in [0.29, 0.717) is 0 Å². The zero-order valence-corrected chi connectivity index (χ0v) is 8.38. The number of hydrogen-bond donors (Lipinski definition) is 1. The van der Waals surface area contributed by atoms with Crippen molar-refractivity contribution < 1.29 is 14.3 Å². The first kappa shape index (κ1) is 11.0. The van der Waals surface area contributed by atoms with Gasteiger partial charge in [-0.1, -0.05) is 24.6 Å². The molecule has 2 nitrogen and oxygen atoms in total. The number of hydrogen-bond acceptors (Lipinski definition) is 1. The normalized spacial score (nSPS) is 12.5. The average molecular weight is 217 g/mol. The highest BCUT2D eigenvalue weighted by Crippen LogP contribution is 2.22. The molecule has 1 aromatic carbocycles. The molecule has 1 rings (SSSR count). The van der Waals surface area contributed by atoms with Gasteiger partial charge in [-0.3, -0.25) is 4.79 Å². The second-order valence-electron chi connectivity index (χ2n) is 3.14. The fourth-order valence-electron chi connectivity index (χ4n) is 1.12. The van der Waals surface area contributed by atoms with Gasteiger partial charge in [0.15, 0.2) is 0 Å². The van der Waals surface area contributed by atoms with E-state index < -0.39 is 17.7 Å². The number of aliphatic carboxylic acids is 1. The van der Waals surface area contributed by atoms with Crippen molar-refractivity contribution in [1.29, 1.82) is 0 Å². The van der Waals surface area contributed by atoms with Gasteiger partial charge in [-0.15, -0.1) is 0 Å². The third-order valence-electron chi connectivity index (χ3n) is 1.99. The van der Waals surface area contributed by atoms with Crippen LogP contribution in [0.5, 0.6) is 0 Å². The van der Waals surface area contributed by atoms with Crippen molar-refractivity contribution in [2.24, 2.45) is 5.92 Å². The summed E-state index contributed by atoms with van der Waals surface area (Å²) in [7, 11) is 0. The maximum atomic E-state index is 13.2. The van der Waals surface area contributed by atoms with E-state index in [0.717, 1.165) is 0 Å². The Balaban J connectivity index is 2.91. The molecule has 1 aromatic rings. The highest BCUT2D eigenvalue weighted by atomic mass is 35.5. The van der Waals surface area contributed by atoms with Gasteiger partial charge < -0.3 is 5.11 Å². The monoisotopic (exact) mass is 216 g/mol. The van der Waals surface area contributed by atoms with Crippen molar-refractivity contribution in [1.82, 2.24) is 0 Å². The fourth-order valence-corrected chi connectivity index (χ4v) is 1.36. The van der Waals surface area contributed by atoms with Crippen LogP contribution in [-0.4, -0.2) is 11.1 Å². The van der Waals surface area contributed by atoms with Crippen LogP contribution in [0.15, 0.2) is 18.2 Å². The summed E-state index contributed by atoms with van der Waals surface area (Å²) in [6.07, 6.45) is 0.112. The molecule has 0 bridgehead atoms. The van der Waals surface area contributed by atoms with E-state index in [1.54, 1.807) is 6.07 Å². The van der Waals surface area contributed by atoms with E-state index in [2.05, 4.69) is 0 Å². The quantitative estimate of drug-likeness (QED) is 0.844. The topological polar surface area (TPSA) is 37.3 Å². The van der Waals surface area contributed by atoms with Gasteiger partial charge in [0.25, 0.3) is 0 Å². The lowest BCUT2D eigenvalue weighted by Gasteiger charge is -2.08. The summed E-state index contributed by atoms with van der Waals surface area (Å²) in [5.74, 6) is -2.04. The van der Waals surface area contributed by atoms with Crippen LogP contribution in [-0.2, 0) is 11.2 Å². The van der Waals surface area contributed by atoms with Crippen molar-refractivity contribution in [2.75, 3.05) is 0 Å². The van der Waals surface area contributed by atoms with Gasteiger partial charge in [0.2, 0.25) is 0 Å². The molecule has 0 spiro atoms. The van der Waals surface area contributed by atoms with Crippen LogP contribution in [0.3, 0.4) is 0 Å². The predicted molar refractivity (Wildman–Crippen MR) is 51.9 cm³/mol. The Kier molecular flexibility index (Phi) is 3.47. The van der Waals surface area contributed by atoms with Crippen molar-refractivity contribution >= 4 is 17.6 Å². The Bertz CT molecular complexity index is 332. The van der Waals surface area contributed by atoms with Crippen LogP contribution in [0.25, 0.3) is 0 Å². The maximum Gasteiger partial charge on any atom is 0.306 e. The minimum Gasteiger partial charge on any atom is -0.481 e. The first-order chi connectivity index (χ1) is 6.52. The highest BCUT2D eigenvalue weighted by molar-refractivity contribution is 6.31. The second kappa shape index (κ2) is 4.42. The standard InChI is InChI=1S/C10H10ClFO2/c1-6(10(13)14)5-7-8(11)3-2-4-9(7)12/h2-4,6H,5H2,1H3,(H,13,14)/t6-/m0/s1. The van der Waals surface area contributed by atoms with E-state index in [-0.39, 0.29) is 17.0 Å². The number of carboxylic acid groups (broad SMARTS) is 1. The predicted octanol–water partition coefficient (Wildman–Crippen LogP) is 2.74. The van der Waals surface area contributed by atoms with E-state index in [4.69, 9.17) is 16.7 Å². The van der Waals surface area contributed by atoms with E-state index >= 15 is 0 Å². The molecule has 0 aromatic heterocycles. The first-order valence-corrected chi connectivity index (χ1v) is 4.56. The van der Waals surface area contributed by atoms with Crippen LogP contribution >= 0.6 is 11.6 Å². The molecule has 1 atom stereocenters. The van der Waals surface area contributed by atoms with Crippen LogP contribution in [0.2, 0.25) is 5.02 Å². The third kappa shape index (κ3) is 2.45. The molecule has 0 amide bonds. The zero-order valence-electron chi connectivity index (χ0n) is 7.63. The van der Waals surface area contributed by atoms with Crippen molar-refractivity contribution in [3.05, 3.63) is 34.6 Å². The number of halogens is 2. The lowest BCUT2D eigenvalue weighted by molar-refractivity contribution is -0.141. The van der Waals surface area contributed by atoms with Gasteiger partial charge in [-0.05, 0) is 18.6 Å². The van der Waals surface area contributed by atoms with Gasteiger partial charge in [0, 0.05) is 10.6 Å². The fraction of sp³-hybridized carbons (Fsp3) is 0.300. The highest BCUT2D eigenvalue weighted by Gasteiger charge is 2.16. The van der Waals surface area contributed by atoms with Crippen LogP contribution in [0, 0.1) is 11.7 Å². The Morgan fingerprint density at radius 1 is 1.64 bits per heavy atom. The molecule has 0 unspecified atom stereocenters. The van der Waals surface area contributed by atoms with Gasteiger partial charge in [0.05, 0.1) is 5.92 Å². The minimum absolute atomic E-state index is 0.112. The molecular formula is C10H10ClFO2. The van der Waals surface area contributed by atoms with Crippen LogP contribution < -0.4 is 0 Å². The largest absolute Gasteiger partial charge is 0.481 e. The summed E-state index contributed by atoms with van der Waals surface area (Å²) < 4.78 is 13.2. The molecule has 14 heavy (non-hydrogen) atoms. The van der Waals surface area contributed by atoms with Gasteiger partial charge in [-0.2, -0.15) is 0 Å². The molecule has 4 heteroatoms. The Labute approximate surface area is 86.3 Å². The van der Waals surface area contributed by atoms with E-state index in [9.17, 15) is 9.18 Å². The number of carboxylic acids is 1. The molecule has 76 valence electrons. The van der Waals surface area contributed by atoms with E-state index in [1.807, 2.05) is 0 Å². The number of carbonyl (C=O) groups is 1. The Hall–Kier alpha value is -1.09. The third-order valence-corrected chi connectivity index (χ3v) is 2.35. The van der Waals surface area contributed by atoms with E-state index in [1.165, 1.54) is 19.1 Å². The summed E-state index contributed by atoms with van der Waals surface area (Å²) >= 11 is 5.75. The number of rotatable bonds is 3. The smallest absolute Gasteiger partial charge is 0.306 e. The first-order valence-electron chi connectivity index (χ1n) is 4.18. The molecule has 0 aliphatic heterocycles. The maximum absolute atomic E-state index is 13.2. The summed E-state index contributed by atoms with van der Waals surface area (Å²) in [5, 5.41) is 8.94. The van der Waals surface area contributed by atoms with Crippen LogP contribution in [0.1, 0.15) is 12.5 Å². The molecule has 0 radical (unpaired) electrons. The summed E-state index contributed by atoms with van der Waals surface area (Å²) in [5.41, 5.74) is 0.268. The molecule has 0 heterocycles. The summed E-state index contributed by atoms with van der Waals surface area (Å²) in [6, 6.07) is 4.32. The summed E-state index contributed by atoms with van der Waals surface area (Å²) in [4.78, 5) is 10.6. The molecule has 0 aliphatic rings. The van der Waals surface area contributed by atoms with Gasteiger partial charge in [-0.25, -0.2) is 4.39 Å². The molecule has 0 saturated heterocycles. The lowest BCUT2D eigenvalue weighted by Crippen LogP contribution is -2.13. The van der Waals surface area contributed by atoms with Crippen LogP contribution in [0.4, 0.5) is 4.39 Å².